The van der Waals surface area contributed by atoms with E-state index in [1.165, 1.54) is 5.57 Å². The van der Waals surface area contributed by atoms with Crippen LogP contribution in [0.2, 0.25) is 0 Å². The van der Waals surface area contributed by atoms with E-state index in [1.54, 1.807) is 20.1 Å². The highest BCUT2D eigenvalue weighted by atomic mass is 19.1. The summed E-state index contributed by atoms with van der Waals surface area (Å²) >= 11 is 0. The fourth-order valence-electron chi connectivity index (χ4n) is 5.62. The van der Waals surface area contributed by atoms with Crippen LogP contribution in [-0.4, -0.2) is 55.4 Å². The van der Waals surface area contributed by atoms with Gasteiger partial charge in [0.15, 0.2) is 0 Å². The van der Waals surface area contributed by atoms with Gasteiger partial charge in [-0.3, -0.25) is 4.90 Å². The molecule has 0 radical (unpaired) electrons. The second-order valence-corrected chi connectivity index (χ2v) is 11.1. The van der Waals surface area contributed by atoms with Crippen molar-refractivity contribution in [3.05, 3.63) is 83.7 Å². The maximum Gasteiger partial charge on any atom is 0.129 e. The molecule has 1 fully saturated rings. The summed E-state index contributed by atoms with van der Waals surface area (Å²) in [6.45, 7) is 16.0. The average molecular weight is 504 g/mol. The molecule has 0 spiro atoms. The number of halogens is 1. The first-order valence-corrected chi connectivity index (χ1v) is 13.1. The molecular formula is C30H38FN5O. The monoisotopic (exact) mass is 503 g/mol. The van der Waals surface area contributed by atoms with E-state index in [2.05, 4.69) is 71.7 Å². The normalized spacial score (nSPS) is 22.9. The topological polar surface area (TPSA) is 43.9 Å². The van der Waals surface area contributed by atoms with E-state index in [9.17, 15) is 4.39 Å². The van der Waals surface area contributed by atoms with Crippen LogP contribution in [0.25, 0.3) is 0 Å². The van der Waals surface area contributed by atoms with Crippen LogP contribution in [0.4, 0.5) is 21.6 Å². The van der Waals surface area contributed by atoms with Crippen LogP contribution < -0.4 is 15.1 Å². The van der Waals surface area contributed by atoms with Crippen LogP contribution in [0.3, 0.4) is 0 Å². The third kappa shape index (κ3) is 4.97. The van der Waals surface area contributed by atoms with Crippen molar-refractivity contribution in [2.24, 2.45) is 0 Å². The number of allylic oxidation sites excluding steroid dienone is 2. The lowest BCUT2D eigenvalue weighted by atomic mass is 9.91. The molecule has 5 rings (SSSR count). The minimum atomic E-state index is -0.173. The van der Waals surface area contributed by atoms with Crippen molar-refractivity contribution in [3.8, 4) is 0 Å². The Morgan fingerprint density at radius 1 is 1.24 bits per heavy atom. The number of ether oxygens (including phenoxy) is 1. The lowest BCUT2D eigenvalue weighted by Crippen LogP contribution is -2.57. The van der Waals surface area contributed by atoms with E-state index < -0.39 is 0 Å². The second-order valence-electron chi connectivity index (χ2n) is 11.1. The summed E-state index contributed by atoms with van der Waals surface area (Å²) in [4.78, 5) is 12.3. The maximum atomic E-state index is 14.3. The number of rotatable bonds is 6. The van der Waals surface area contributed by atoms with E-state index in [0.717, 1.165) is 61.2 Å². The molecule has 1 N–H and O–H groups in total. The predicted molar refractivity (Wildman–Crippen MR) is 149 cm³/mol. The molecule has 37 heavy (non-hydrogen) atoms. The highest BCUT2D eigenvalue weighted by Gasteiger charge is 2.39. The standard InChI is InChI=1S/C30H38FN5O/c1-20-7-8-24(17-25(20)31)36-19-30(4,5)29-26(36)9-10-27(33-29)35-14-13-34(18-21(35)2)28-16-23(11-12-32-28)15-22(3)37-6/h7-12,16-17,21,28,32H,3,13-15,18-19H2,1-2,4-6H3. The quantitative estimate of drug-likeness (QED) is 0.534. The van der Waals surface area contributed by atoms with Crippen molar-refractivity contribution in [2.45, 2.75) is 51.7 Å². The van der Waals surface area contributed by atoms with Crippen LogP contribution in [0, 0.1) is 12.7 Å². The van der Waals surface area contributed by atoms with Crippen molar-refractivity contribution in [3.63, 3.8) is 0 Å². The Labute approximate surface area is 220 Å². The Balaban J connectivity index is 1.32. The summed E-state index contributed by atoms with van der Waals surface area (Å²) in [6.07, 6.45) is 7.26. The third-order valence-corrected chi connectivity index (χ3v) is 7.78. The van der Waals surface area contributed by atoms with E-state index >= 15 is 0 Å². The summed E-state index contributed by atoms with van der Waals surface area (Å²) < 4.78 is 19.6. The maximum absolute atomic E-state index is 14.3. The van der Waals surface area contributed by atoms with Gasteiger partial charge in [-0.2, -0.15) is 0 Å². The molecule has 6 nitrogen and oxygen atoms in total. The Kier molecular flexibility index (Phi) is 6.75. The van der Waals surface area contributed by atoms with Crippen molar-refractivity contribution >= 4 is 17.2 Å². The molecule has 0 bridgehead atoms. The summed E-state index contributed by atoms with van der Waals surface area (Å²) in [5.74, 6) is 1.61. The molecule has 0 aliphatic carbocycles. The number of fused-ring (bicyclic) bond motifs is 1. The van der Waals surface area contributed by atoms with E-state index in [-0.39, 0.29) is 17.4 Å². The number of aromatic nitrogens is 1. The number of hydrogen-bond donors (Lipinski definition) is 1. The summed E-state index contributed by atoms with van der Waals surface area (Å²) in [5.41, 5.74) is 4.76. The summed E-state index contributed by atoms with van der Waals surface area (Å²) in [5, 5.41) is 3.49. The van der Waals surface area contributed by atoms with Gasteiger partial charge >= 0.3 is 0 Å². The number of pyridine rings is 1. The van der Waals surface area contributed by atoms with Gasteiger partial charge in [0, 0.05) is 49.7 Å². The molecule has 2 atom stereocenters. The average Bonchev–Trinajstić information content (AvgIpc) is 3.15. The van der Waals surface area contributed by atoms with Crippen LogP contribution >= 0.6 is 0 Å². The molecule has 2 unspecified atom stereocenters. The smallest absolute Gasteiger partial charge is 0.129 e. The molecule has 1 saturated heterocycles. The molecule has 0 saturated carbocycles. The Morgan fingerprint density at radius 2 is 2.05 bits per heavy atom. The van der Waals surface area contributed by atoms with Gasteiger partial charge in [0.1, 0.15) is 11.6 Å². The van der Waals surface area contributed by atoms with Crippen LogP contribution in [-0.2, 0) is 10.2 Å². The number of nitrogens with zero attached hydrogens (tertiary/aromatic N) is 4. The lowest BCUT2D eigenvalue weighted by molar-refractivity contribution is 0.176. The zero-order valence-corrected chi connectivity index (χ0v) is 22.6. The summed E-state index contributed by atoms with van der Waals surface area (Å²) in [6, 6.07) is 10.1. The molecule has 4 heterocycles. The highest BCUT2D eigenvalue weighted by Crippen LogP contribution is 2.44. The SMILES string of the molecule is C=C(CC1=CC(N2CCN(c3ccc4c(n3)C(C)(C)CN4c3ccc(C)c(F)c3)C(C)C2)NC=C1)OC. The lowest BCUT2D eigenvalue weighted by Gasteiger charge is -2.44. The molecule has 3 aliphatic heterocycles. The molecule has 0 amide bonds. The summed E-state index contributed by atoms with van der Waals surface area (Å²) in [7, 11) is 1.67. The van der Waals surface area contributed by atoms with Gasteiger partial charge in [-0.25, -0.2) is 9.37 Å². The van der Waals surface area contributed by atoms with E-state index in [1.807, 2.05) is 18.3 Å². The first-order valence-electron chi connectivity index (χ1n) is 13.1. The zero-order valence-electron chi connectivity index (χ0n) is 22.6. The Hall–Kier alpha value is -3.32. The Morgan fingerprint density at radius 3 is 2.78 bits per heavy atom. The molecule has 3 aliphatic rings. The number of dihydropyridines is 1. The van der Waals surface area contributed by atoms with E-state index in [4.69, 9.17) is 9.72 Å². The van der Waals surface area contributed by atoms with Gasteiger partial charge in [0.25, 0.3) is 0 Å². The zero-order chi connectivity index (χ0) is 26.3. The number of benzene rings is 1. The first-order chi connectivity index (χ1) is 17.7. The number of nitrogens with one attached hydrogen (secondary N) is 1. The number of hydrogen-bond acceptors (Lipinski definition) is 6. The predicted octanol–water partition coefficient (Wildman–Crippen LogP) is 5.39. The number of piperazine rings is 1. The molecule has 196 valence electrons. The largest absolute Gasteiger partial charge is 0.501 e. The van der Waals surface area contributed by atoms with Crippen molar-refractivity contribution in [1.29, 1.82) is 0 Å². The number of methoxy groups -OCH3 is 1. The van der Waals surface area contributed by atoms with Crippen molar-refractivity contribution in [1.82, 2.24) is 15.2 Å². The highest BCUT2D eigenvalue weighted by molar-refractivity contribution is 5.72. The molecule has 1 aromatic carbocycles. The van der Waals surface area contributed by atoms with Crippen LogP contribution in [0.5, 0.6) is 0 Å². The fraction of sp³-hybridized carbons (Fsp3) is 0.433. The fourth-order valence-corrected chi connectivity index (χ4v) is 5.62. The minimum absolute atomic E-state index is 0.135. The van der Waals surface area contributed by atoms with Gasteiger partial charge in [-0.1, -0.05) is 26.5 Å². The van der Waals surface area contributed by atoms with Crippen molar-refractivity contribution < 1.29 is 9.13 Å². The van der Waals surface area contributed by atoms with Gasteiger partial charge in [0.2, 0.25) is 0 Å². The second kappa shape index (κ2) is 9.86. The van der Waals surface area contributed by atoms with Gasteiger partial charge < -0.3 is 19.9 Å². The van der Waals surface area contributed by atoms with E-state index in [0.29, 0.717) is 11.6 Å². The first kappa shape index (κ1) is 25.3. The van der Waals surface area contributed by atoms with Gasteiger partial charge in [-0.15, -0.1) is 0 Å². The van der Waals surface area contributed by atoms with Gasteiger partial charge in [0.05, 0.1) is 30.4 Å². The Bertz CT molecular complexity index is 1250. The van der Waals surface area contributed by atoms with Crippen LogP contribution in [0.15, 0.2) is 66.6 Å². The van der Waals surface area contributed by atoms with Crippen LogP contribution in [0.1, 0.15) is 38.4 Å². The van der Waals surface area contributed by atoms with Crippen molar-refractivity contribution in [2.75, 3.05) is 43.1 Å². The molecule has 2 aromatic rings. The molecule has 1 aromatic heterocycles. The third-order valence-electron chi connectivity index (χ3n) is 7.78. The number of aryl methyl sites for hydroxylation is 1. The number of anilines is 3. The molecule has 7 heteroatoms. The van der Waals surface area contributed by atoms with Gasteiger partial charge in [-0.05, 0) is 67.6 Å². The minimum Gasteiger partial charge on any atom is -0.501 e. The molecular weight excluding hydrogens is 465 g/mol.